The fraction of sp³-hybridized carbons (Fsp3) is 0.632. The number of carbonyl (C=O) groups excluding carboxylic acids is 1. The molecule has 2 fully saturated rings. The fourth-order valence-corrected chi connectivity index (χ4v) is 4.75. The number of aromatic carboxylic acids is 1. The quantitative estimate of drug-likeness (QED) is 0.910. The second-order valence-corrected chi connectivity index (χ2v) is 7.56. The third kappa shape index (κ3) is 2.58. The summed E-state index contributed by atoms with van der Waals surface area (Å²) in [5.74, 6) is -0.128. The first-order valence-corrected chi connectivity index (χ1v) is 9.34. The Labute approximate surface area is 147 Å². The van der Waals surface area contributed by atoms with Crippen LogP contribution < -0.4 is 4.90 Å². The van der Waals surface area contributed by atoms with Gasteiger partial charge in [-0.1, -0.05) is 0 Å². The van der Waals surface area contributed by atoms with Gasteiger partial charge in [-0.3, -0.25) is 4.79 Å². The topological polar surface area (TPSA) is 73.7 Å². The minimum atomic E-state index is -0.927. The van der Waals surface area contributed by atoms with Crippen LogP contribution in [0.1, 0.15) is 54.2 Å². The SMILES string of the molecule is CCN1CCCC2(CCN(c3nc4c(cc3C(=O)O)CCC4)C2)C1=O. The standard InChI is InChI=1S/C19H25N3O3/c1-2-21-9-4-7-19(18(21)25)8-10-22(12-19)16-14(17(23)24)11-13-5-3-6-15(13)20-16/h11H,2-10,12H2,1H3,(H,23,24). The Morgan fingerprint density at radius 1 is 1.28 bits per heavy atom. The maximum Gasteiger partial charge on any atom is 0.339 e. The number of aromatic nitrogens is 1. The molecule has 2 aliphatic heterocycles. The number of aryl methyl sites for hydroxylation is 2. The molecule has 6 heteroatoms. The van der Waals surface area contributed by atoms with Crippen LogP contribution in [-0.2, 0) is 17.6 Å². The molecule has 0 bridgehead atoms. The van der Waals surface area contributed by atoms with Gasteiger partial charge in [0.25, 0.3) is 0 Å². The summed E-state index contributed by atoms with van der Waals surface area (Å²) < 4.78 is 0. The first kappa shape index (κ1) is 16.4. The van der Waals surface area contributed by atoms with Crippen LogP contribution in [0.2, 0.25) is 0 Å². The van der Waals surface area contributed by atoms with E-state index in [2.05, 4.69) is 0 Å². The Balaban J connectivity index is 1.66. The highest BCUT2D eigenvalue weighted by Crippen LogP contribution is 2.42. The average Bonchev–Trinajstić information content (AvgIpc) is 3.23. The average molecular weight is 343 g/mol. The van der Waals surface area contributed by atoms with Crippen molar-refractivity contribution in [2.45, 2.75) is 45.4 Å². The van der Waals surface area contributed by atoms with Crippen molar-refractivity contribution in [3.8, 4) is 0 Å². The number of fused-ring (bicyclic) bond motifs is 1. The molecule has 1 amide bonds. The van der Waals surface area contributed by atoms with Gasteiger partial charge in [0.2, 0.25) is 5.91 Å². The van der Waals surface area contributed by atoms with Gasteiger partial charge in [-0.2, -0.15) is 0 Å². The summed E-state index contributed by atoms with van der Waals surface area (Å²) in [6.45, 7) is 4.91. The van der Waals surface area contributed by atoms with E-state index in [4.69, 9.17) is 4.98 Å². The van der Waals surface area contributed by atoms with Crippen LogP contribution in [0.4, 0.5) is 5.82 Å². The molecule has 1 N–H and O–H groups in total. The third-order valence-electron chi connectivity index (χ3n) is 6.12. The maximum atomic E-state index is 12.9. The molecular weight excluding hydrogens is 318 g/mol. The molecule has 134 valence electrons. The molecule has 1 unspecified atom stereocenters. The van der Waals surface area contributed by atoms with E-state index in [-0.39, 0.29) is 16.9 Å². The van der Waals surface area contributed by atoms with Crippen LogP contribution in [0.5, 0.6) is 0 Å². The van der Waals surface area contributed by atoms with Crippen molar-refractivity contribution < 1.29 is 14.7 Å². The van der Waals surface area contributed by atoms with Gasteiger partial charge < -0.3 is 14.9 Å². The summed E-state index contributed by atoms with van der Waals surface area (Å²) >= 11 is 0. The minimum Gasteiger partial charge on any atom is -0.478 e. The normalized spacial score (nSPS) is 25.7. The van der Waals surface area contributed by atoms with E-state index in [0.717, 1.165) is 62.9 Å². The number of carbonyl (C=O) groups is 2. The van der Waals surface area contributed by atoms with Crippen LogP contribution in [0.25, 0.3) is 0 Å². The monoisotopic (exact) mass is 343 g/mol. The van der Waals surface area contributed by atoms with E-state index in [1.54, 1.807) is 6.07 Å². The zero-order valence-corrected chi connectivity index (χ0v) is 14.8. The highest BCUT2D eigenvalue weighted by Gasteiger charge is 2.48. The second kappa shape index (κ2) is 6.00. The molecule has 6 nitrogen and oxygen atoms in total. The largest absolute Gasteiger partial charge is 0.478 e. The van der Waals surface area contributed by atoms with Crippen LogP contribution in [0, 0.1) is 5.41 Å². The van der Waals surface area contributed by atoms with Gasteiger partial charge in [0, 0.05) is 31.9 Å². The second-order valence-electron chi connectivity index (χ2n) is 7.56. The molecule has 0 aromatic carbocycles. The van der Waals surface area contributed by atoms with Gasteiger partial charge in [-0.05, 0) is 57.1 Å². The molecule has 3 aliphatic rings. The van der Waals surface area contributed by atoms with E-state index >= 15 is 0 Å². The van der Waals surface area contributed by atoms with Crippen molar-refractivity contribution >= 4 is 17.7 Å². The van der Waals surface area contributed by atoms with E-state index < -0.39 is 5.97 Å². The number of nitrogens with zero attached hydrogens (tertiary/aromatic N) is 3. The molecule has 3 heterocycles. The number of rotatable bonds is 3. The van der Waals surface area contributed by atoms with Gasteiger partial charge >= 0.3 is 5.97 Å². The lowest BCUT2D eigenvalue weighted by Gasteiger charge is -2.39. The van der Waals surface area contributed by atoms with Crippen molar-refractivity contribution in [3.05, 3.63) is 22.9 Å². The molecule has 1 aliphatic carbocycles. The van der Waals surface area contributed by atoms with Crippen molar-refractivity contribution in [3.63, 3.8) is 0 Å². The predicted molar refractivity (Wildman–Crippen MR) is 94.0 cm³/mol. The number of hydrogen-bond donors (Lipinski definition) is 1. The zero-order chi connectivity index (χ0) is 17.6. The van der Waals surface area contributed by atoms with E-state index in [1.165, 1.54) is 0 Å². The Morgan fingerprint density at radius 2 is 2.12 bits per heavy atom. The summed E-state index contributed by atoms with van der Waals surface area (Å²) in [6.07, 6.45) is 5.59. The molecule has 1 atom stereocenters. The number of pyridine rings is 1. The Morgan fingerprint density at radius 3 is 2.88 bits per heavy atom. The fourth-order valence-electron chi connectivity index (χ4n) is 4.75. The first-order chi connectivity index (χ1) is 12.0. The lowest BCUT2D eigenvalue weighted by Crippen LogP contribution is -2.50. The number of amides is 1. The van der Waals surface area contributed by atoms with Crippen LogP contribution in [0.3, 0.4) is 0 Å². The van der Waals surface area contributed by atoms with Crippen LogP contribution in [0.15, 0.2) is 6.07 Å². The number of hydrogen-bond acceptors (Lipinski definition) is 4. The summed E-state index contributed by atoms with van der Waals surface area (Å²) in [5.41, 5.74) is 2.03. The van der Waals surface area contributed by atoms with Gasteiger partial charge in [-0.15, -0.1) is 0 Å². The molecule has 25 heavy (non-hydrogen) atoms. The van der Waals surface area contributed by atoms with E-state index in [9.17, 15) is 14.7 Å². The van der Waals surface area contributed by atoms with Gasteiger partial charge in [0.15, 0.2) is 0 Å². The highest BCUT2D eigenvalue weighted by molar-refractivity contribution is 5.94. The number of carboxylic acid groups (broad SMARTS) is 1. The smallest absolute Gasteiger partial charge is 0.339 e. The molecule has 1 aromatic heterocycles. The summed E-state index contributed by atoms with van der Waals surface area (Å²) in [5, 5.41) is 9.65. The Kier molecular flexibility index (Phi) is 3.93. The van der Waals surface area contributed by atoms with Gasteiger partial charge in [-0.25, -0.2) is 9.78 Å². The Hall–Kier alpha value is -2.11. The number of carboxylic acids is 1. The van der Waals surface area contributed by atoms with Crippen molar-refractivity contribution in [2.24, 2.45) is 5.41 Å². The van der Waals surface area contributed by atoms with Gasteiger partial charge in [0.1, 0.15) is 11.4 Å². The predicted octanol–water partition coefficient (Wildman–Crippen LogP) is 2.11. The van der Waals surface area contributed by atoms with Crippen molar-refractivity contribution in [2.75, 3.05) is 31.1 Å². The molecule has 2 saturated heterocycles. The highest BCUT2D eigenvalue weighted by atomic mass is 16.4. The zero-order valence-electron chi connectivity index (χ0n) is 14.8. The maximum absolute atomic E-state index is 12.9. The Bertz CT molecular complexity index is 733. The summed E-state index contributed by atoms with van der Waals surface area (Å²) in [7, 11) is 0. The lowest BCUT2D eigenvalue weighted by atomic mass is 9.78. The molecule has 0 saturated carbocycles. The van der Waals surface area contributed by atoms with E-state index in [1.807, 2.05) is 16.7 Å². The molecule has 1 aromatic rings. The van der Waals surface area contributed by atoms with Crippen molar-refractivity contribution in [1.82, 2.24) is 9.88 Å². The van der Waals surface area contributed by atoms with Gasteiger partial charge in [0.05, 0.1) is 5.41 Å². The number of likely N-dealkylation sites (tertiary alicyclic amines) is 1. The molecule has 4 rings (SSSR count). The molecule has 1 spiro atoms. The minimum absolute atomic E-state index is 0.238. The van der Waals surface area contributed by atoms with E-state index in [0.29, 0.717) is 18.9 Å². The van der Waals surface area contributed by atoms with Crippen molar-refractivity contribution in [1.29, 1.82) is 0 Å². The third-order valence-corrected chi connectivity index (χ3v) is 6.12. The molecular formula is C19H25N3O3. The number of anilines is 1. The van der Waals surface area contributed by atoms with Crippen LogP contribution in [-0.4, -0.2) is 53.0 Å². The van der Waals surface area contributed by atoms with Crippen LogP contribution >= 0.6 is 0 Å². The first-order valence-electron chi connectivity index (χ1n) is 9.34. The molecule has 0 radical (unpaired) electrons. The number of piperidine rings is 1. The lowest BCUT2D eigenvalue weighted by molar-refractivity contribution is -0.144. The summed E-state index contributed by atoms with van der Waals surface area (Å²) in [4.78, 5) is 33.4. The summed E-state index contributed by atoms with van der Waals surface area (Å²) in [6, 6.07) is 1.80.